The molecule has 0 fully saturated rings. The molecule has 0 saturated heterocycles. The Kier molecular flexibility index (Phi) is 3.51. The van der Waals surface area contributed by atoms with Crippen molar-refractivity contribution in [2.75, 3.05) is 5.32 Å². The zero-order valence-corrected chi connectivity index (χ0v) is 11.2. The third-order valence-electron chi connectivity index (χ3n) is 2.77. The highest BCUT2D eigenvalue weighted by Crippen LogP contribution is 2.23. The Balaban J connectivity index is 2.42. The molecule has 98 valence electrons. The Morgan fingerprint density at radius 1 is 1.11 bits per heavy atom. The van der Waals surface area contributed by atoms with Gasteiger partial charge in [-0.15, -0.1) is 0 Å². The topological polar surface area (TPSA) is 62.2 Å². The van der Waals surface area contributed by atoms with E-state index in [1.54, 1.807) is 6.07 Å². The molecule has 1 heterocycles. The van der Waals surface area contributed by atoms with Crippen LogP contribution in [0.2, 0.25) is 0 Å². The molecule has 0 aliphatic heterocycles. The Bertz CT molecular complexity index is 616. The number of nitrogens with one attached hydrogen (secondary N) is 1. The van der Waals surface area contributed by atoms with Gasteiger partial charge in [0.25, 0.3) is 0 Å². The SMILES string of the molecule is Cc1cc(C)cc(Nc2cc(C)ncc2C(=O)O)c1. The van der Waals surface area contributed by atoms with Gasteiger partial charge in [-0.1, -0.05) is 6.07 Å². The number of anilines is 2. The van der Waals surface area contributed by atoms with E-state index in [0.717, 1.165) is 22.5 Å². The number of pyridine rings is 1. The smallest absolute Gasteiger partial charge is 0.339 e. The Labute approximate surface area is 112 Å². The standard InChI is InChI=1S/C15H16N2O2/c1-9-4-10(2)6-12(5-9)17-14-7-11(3)16-8-13(14)15(18)19/h4-8H,1-3H3,(H,16,17)(H,18,19). The first-order valence-electron chi connectivity index (χ1n) is 6.01. The third kappa shape index (κ3) is 3.10. The molecule has 2 aromatic rings. The van der Waals surface area contributed by atoms with Crippen LogP contribution in [0.3, 0.4) is 0 Å². The van der Waals surface area contributed by atoms with Gasteiger partial charge < -0.3 is 10.4 Å². The van der Waals surface area contributed by atoms with Gasteiger partial charge >= 0.3 is 5.97 Å². The van der Waals surface area contributed by atoms with Crippen LogP contribution in [0, 0.1) is 20.8 Å². The van der Waals surface area contributed by atoms with Gasteiger partial charge in [0.2, 0.25) is 0 Å². The van der Waals surface area contributed by atoms with Crippen molar-refractivity contribution in [1.82, 2.24) is 4.98 Å². The van der Waals surface area contributed by atoms with Crippen LogP contribution < -0.4 is 5.32 Å². The number of rotatable bonds is 3. The molecule has 2 N–H and O–H groups in total. The summed E-state index contributed by atoms with van der Waals surface area (Å²) in [6, 6.07) is 7.77. The highest BCUT2D eigenvalue weighted by Gasteiger charge is 2.11. The van der Waals surface area contributed by atoms with E-state index in [1.807, 2.05) is 32.9 Å². The van der Waals surface area contributed by atoms with Gasteiger partial charge in [0, 0.05) is 17.6 Å². The maximum Gasteiger partial charge on any atom is 0.339 e. The van der Waals surface area contributed by atoms with Crippen LogP contribution >= 0.6 is 0 Å². The molecule has 0 aliphatic rings. The summed E-state index contributed by atoms with van der Waals surface area (Å²) in [5, 5.41) is 12.3. The minimum atomic E-state index is -0.987. The highest BCUT2D eigenvalue weighted by molar-refractivity contribution is 5.94. The molecule has 0 amide bonds. The number of hydrogen-bond acceptors (Lipinski definition) is 3. The van der Waals surface area contributed by atoms with Crippen molar-refractivity contribution in [2.24, 2.45) is 0 Å². The number of carboxylic acids is 1. The van der Waals surface area contributed by atoms with Crippen LogP contribution in [-0.4, -0.2) is 16.1 Å². The molecule has 0 aliphatic carbocycles. The monoisotopic (exact) mass is 256 g/mol. The van der Waals surface area contributed by atoms with Gasteiger partial charge in [-0.3, -0.25) is 4.98 Å². The lowest BCUT2D eigenvalue weighted by Crippen LogP contribution is -2.04. The number of aryl methyl sites for hydroxylation is 3. The lowest BCUT2D eigenvalue weighted by Gasteiger charge is -2.11. The van der Waals surface area contributed by atoms with Crippen molar-refractivity contribution in [3.63, 3.8) is 0 Å². The number of hydrogen-bond donors (Lipinski definition) is 2. The summed E-state index contributed by atoms with van der Waals surface area (Å²) in [5.74, 6) is -0.987. The Morgan fingerprint density at radius 3 is 2.32 bits per heavy atom. The second-order valence-corrected chi connectivity index (χ2v) is 4.68. The number of nitrogens with zero attached hydrogens (tertiary/aromatic N) is 1. The van der Waals surface area contributed by atoms with Crippen molar-refractivity contribution < 1.29 is 9.90 Å². The zero-order chi connectivity index (χ0) is 14.0. The number of aromatic nitrogens is 1. The fraction of sp³-hybridized carbons (Fsp3) is 0.200. The van der Waals surface area contributed by atoms with Crippen molar-refractivity contribution in [3.05, 3.63) is 52.8 Å². The first-order chi connectivity index (χ1) is 8.95. The molecule has 19 heavy (non-hydrogen) atoms. The molecular weight excluding hydrogens is 240 g/mol. The van der Waals surface area contributed by atoms with Crippen LogP contribution in [0.1, 0.15) is 27.2 Å². The van der Waals surface area contributed by atoms with E-state index in [2.05, 4.69) is 16.4 Å². The summed E-state index contributed by atoms with van der Waals surface area (Å²) in [6.07, 6.45) is 1.38. The maximum absolute atomic E-state index is 11.2. The average Bonchev–Trinajstić information content (AvgIpc) is 2.26. The van der Waals surface area contributed by atoms with Crippen LogP contribution in [0.5, 0.6) is 0 Å². The lowest BCUT2D eigenvalue weighted by atomic mass is 10.1. The van der Waals surface area contributed by atoms with Gasteiger partial charge in [-0.05, 0) is 50.1 Å². The molecule has 0 unspecified atom stereocenters. The van der Waals surface area contributed by atoms with Crippen molar-refractivity contribution in [2.45, 2.75) is 20.8 Å². The fourth-order valence-electron chi connectivity index (χ4n) is 2.04. The number of carboxylic acid groups (broad SMARTS) is 1. The van der Waals surface area contributed by atoms with Gasteiger partial charge in [-0.25, -0.2) is 4.79 Å². The van der Waals surface area contributed by atoms with Crippen LogP contribution in [0.15, 0.2) is 30.5 Å². The third-order valence-corrected chi connectivity index (χ3v) is 2.77. The summed E-state index contributed by atoms with van der Waals surface area (Å²) in [6.45, 7) is 5.85. The van der Waals surface area contributed by atoms with Crippen molar-refractivity contribution in [3.8, 4) is 0 Å². The minimum absolute atomic E-state index is 0.171. The first-order valence-corrected chi connectivity index (χ1v) is 6.01. The number of carbonyl (C=O) groups is 1. The largest absolute Gasteiger partial charge is 0.478 e. The molecule has 0 bridgehead atoms. The van der Waals surface area contributed by atoms with Crippen molar-refractivity contribution >= 4 is 17.3 Å². The van der Waals surface area contributed by atoms with Crippen LogP contribution in [0.4, 0.5) is 11.4 Å². The van der Waals surface area contributed by atoms with Gasteiger partial charge in [0.1, 0.15) is 5.56 Å². The molecule has 4 heteroatoms. The van der Waals surface area contributed by atoms with E-state index in [0.29, 0.717) is 5.69 Å². The fourth-order valence-corrected chi connectivity index (χ4v) is 2.04. The van der Waals surface area contributed by atoms with E-state index in [4.69, 9.17) is 5.11 Å². The van der Waals surface area contributed by atoms with E-state index in [9.17, 15) is 4.79 Å². The van der Waals surface area contributed by atoms with E-state index >= 15 is 0 Å². The molecule has 1 aromatic carbocycles. The van der Waals surface area contributed by atoms with Crippen molar-refractivity contribution in [1.29, 1.82) is 0 Å². The summed E-state index contributed by atoms with van der Waals surface area (Å²) in [4.78, 5) is 15.2. The quantitative estimate of drug-likeness (QED) is 0.883. The average molecular weight is 256 g/mol. The maximum atomic E-state index is 11.2. The van der Waals surface area contributed by atoms with Gasteiger partial charge in [0.05, 0.1) is 5.69 Å². The highest BCUT2D eigenvalue weighted by atomic mass is 16.4. The number of aromatic carboxylic acids is 1. The number of benzene rings is 1. The summed E-state index contributed by atoms with van der Waals surface area (Å²) >= 11 is 0. The predicted octanol–water partition coefficient (Wildman–Crippen LogP) is 3.45. The van der Waals surface area contributed by atoms with Crippen LogP contribution in [0.25, 0.3) is 0 Å². The summed E-state index contributed by atoms with van der Waals surface area (Å²) in [7, 11) is 0. The molecule has 1 aromatic heterocycles. The molecular formula is C15H16N2O2. The molecule has 2 rings (SSSR count). The van der Waals surface area contributed by atoms with Gasteiger partial charge in [-0.2, -0.15) is 0 Å². The van der Waals surface area contributed by atoms with Crippen LogP contribution in [-0.2, 0) is 0 Å². The normalized spacial score (nSPS) is 10.3. The lowest BCUT2D eigenvalue weighted by molar-refractivity contribution is 0.0697. The molecule has 0 radical (unpaired) electrons. The second kappa shape index (κ2) is 5.10. The second-order valence-electron chi connectivity index (χ2n) is 4.68. The van der Waals surface area contributed by atoms with Gasteiger partial charge in [0.15, 0.2) is 0 Å². The Hall–Kier alpha value is -2.36. The molecule has 0 saturated carbocycles. The van der Waals surface area contributed by atoms with E-state index < -0.39 is 5.97 Å². The zero-order valence-electron chi connectivity index (χ0n) is 11.2. The predicted molar refractivity (Wildman–Crippen MR) is 75.1 cm³/mol. The first kappa shape index (κ1) is 13.1. The molecule has 0 atom stereocenters. The minimum Gasteiger partial charge on any atom is -0.478 e. The summed E-state index contributed by atoms with van der Waals surface area (Å²) in [5.41, 5.74) is 4.65. The molecule has 4 nitrogen and oxygen atoms in total. The van der Waals surface area contributed by atoms with E-state index in [-0.39, 0.29) is 5.56 Å². The molecule has 0 spiro atoms. The Morgan fingerprint density at radius 2 is 1.74 bits per heavy atom. The van der Waals surface area contributed by atoms with E-state index in [1.165, 1.54) is 6.20 Å². The summed E-state index contributed by atoms with van der Waals surface area (Å²) < 4.78 is 0.